The molecule has 234 valence electrons. The summed E-state index contributed by atoms with van der Waals surface area (Å²) < 4.78 is 40.2. The Morgan fingerprint density at radius 2 is 1.76 bits per heavy atom. The zero-order chi connectivity index (χ0) is 30.4. The molecule has 1 fully saturated rings. The minimum Gasteiger partial charge on any atom is -0.374 e. The van der Waals surface area contributed by atoms with Crippen LogP contribution in [0.4, 0.5) is 0 Å². The molecule has 2 heterocycles. The minimum absolute atomic E-state index is 0.119. The summed E-state index contributed by atoms with van der Waals surface area (Å²) in [5.41, 5.74) is -1.07. The van der Waals surface area contributed by atoms with Crippen LogP contribution in [0.25, 0.3) is 0 Å². The van der Waals surface area contributed by atoms with Crippen molar-refractivity contribution >= 4 is 16.9 Å². The number of aromatic nitrogens is 2. The van der Waals surface area contributed by atoms with Crippen molar-refractivity contribution in [1.82, 2.24) is 14.2 Å². The van der Waals surface area contributed by atoms with Gasteiger partial charge in [-0.25, -0.2) is 9.46 Å². The quantitative estimate of drug-likeness (QED) is 0.156. The highest BCUT2D eigenvalue weighted by molar-refractivity contribution is 7.47. The summed E-state index contributed by atoms with van der Waals surface area (Å²) in [6.07, 6.45) is 3.58. The molecule has 14 heteroatoms. The van der Waals surface area contributed by atoms with Gasteiger partial charge in [-0.3, -0.25) is 14.3 Å². The molecule has 0 spiro atoms. The maximum atomic E-state index is 12.7. The Morgan fingerprint density at radius 3 is 2.32 bits per heavy atom. The van der Waals surface area contributed by atoms with Crippen LogP contribution in [-0.2, 0) is 27.6 Å². The molecule has 0 bridgehead atoms. The zero-order valence-electron chi connectivity index (χ0n) is 25.5. The van der Waals surface area contributed by atoms with E-state index in [0.29, 0.717) is 19.6 Å². The SMILES string of the molecule is CCOP(CCCCCC1OC(n2ccc(=O)[nH]c2=O)C(OC)C1OP(OCCC#N)N(C(C)C)C(C)C)OCC. The predicted octanol–water partition coefficient (Wildman–Crippen LogP) is 5.06. The Balaban J connectivity index is 2.28. The highest BCUT2D eigenvalue weighted by Gasteiger charge is 2.49. The van der Waals surface area contributed by atoms with E-state index in [1.54, 1.807) is 7.11 Å². The molecule has 1 aromatic heterocycles. The summed E-state index contributed by atoms with van der Waals surface area (Å²) in [6.45, 7) is 13.7. The second-order valence-corrected chi connectivity index (χ2v) is 13.2. The largest absolute Gasteiger partial charge is 0.374 e. The summed E-state index contributed by atoms with van der Waals surface area (Å²) in [7, 11) is -0.895. The fourth-order valence-corrected chi connectivity index (χ4v) is 7.95. The van der Waals surface area contributed by atoms with Crippen LogP contribution in [0.1, 0.15) is 79.9 Å². The second-order valence-electron chi connectivity index (χ2n) is 10.1. The predicted molar refractivity (Wildman–Crippen MR) is 160 cm³/mol. The number of ether oxygens (including phenoxy) is 2. The molecule has 0 aromatic carbocycles. The molecule has 0 radical (unpaired) electrons. The van der Waals surface area contributed by atoms with E-state index >= 15 is 0 Å². The third kappa shape index (κ3) is 11.1. The summed E-state index contributed by atoms with van der Waals surface area (Å²) in [5.74, 6) is 0. The molecule has 5 atom stereocenters. The van der Waals surface area contributed by atoms with E-state index in [4.69, 9.17) is 32.8 Å². The minimum atomic E-state index is -1.58. The Morgan fingerprint density at radius 1 is 1.07 bits per heavy atom. The number of aromatic amines is 1. The van der Waals surface area contributed by atoms with Gasteiger partial charge in [0.15, 0.2) is 14.6 Å². The standard InChI is InChI=1S/C27H48N4O8P2/c1-8-35-40(36-9-2)19-12-10-11-14-22-24(39-41(37-18-13-16-28)31(20(3)4)21(5)6)25(34-7)26(38-22)30-17-15-23(32)29-27(30)33/h15,17,20-22,24-26H,8-14,18-19H2,1-7H3,(H,29,32,33). The topological polar surface area (TPSA) is 137 Å². The first-order valence-corrected chi connectivity index (χ1v) is 17.0. The van der Waals surface area contributed by atoms with Gasteiger partial charge < -0.3 is 27.6 Å². The van der Waals surface area contributed by atoms with E-state index in [2.05, 4.69) is 43.4 Å². The van der Waals surface area contributed by atoms with Gasteiger partial charge in [0.05, 0.1) is 38.4 Å². The van der Waals surface area contributed by atoms with Crippen LogP contribution in [0.15, 0.2) is 21.9 Å². The summed E-state index contributed by atoms with van der Waals surface area (Å²) in [5, 5.41) is 9.09. The molecule has 1 N–H and O–H groups in total. The monoisotopic (exact) mass is 618 g/mol. The fraction of sp³-hybridized carbons (Fsp3) is 0.815. The number of H-pyrrole nitrogens is 1. The number of nitrogens with one attached hydrogen (secondary N) is 1. The molecule has 2 rings (SSSR count). The van der Waals surface area contributed by atoms with Crippen molar-refractivity contribution in [2.75, 3.05) is 33.1 Å². The maximum absolute atomic E-state index is 12.7. The van der Waals surface area contributed by atoms with Crippen LogP contribution >= 0.6 is 16.9 Å². The number of nitriles is 1. The van der Waals surface area contributed by atoms with E-state index in [1.165, 1.54) is 16.8 Å². The molecule has 1 saturated heterocycles. The number of methoxy groups -OCH3 is 1. The molecular weight excluding hydrogens is 570 g/mol. The molecular formula is C27H48N4O8P2. The average molecular weight is 619 g/mol. The smallest absolute Gasteiger partial charge is 0.330 e. The summed E-state index contributed by atoms with van der Waals surface area (Å²) in [6, 6.07) is 3.65. The lowest BCUT2D eigenvalue weighted by Crippen LogP contribution is -2.41. The van der Waals surface area contributed by atoms with Gasteiger partial charge in [-0.05, 0) is 54.4 Å². The van der Waals surface area contributed by atoms with Crippen LogP contribution in [0.2, 0.25) is 0 Å². The van der Waals surface area contributed by atoms with Crippen molar-refractivity contribution in [1.29, 1.82) is 5.26 Å². The lowest BCUT2D eigenvalue weighted by Gasteiger charge is -2.38. The van der Waals surface area contributed by atoms with Crippen molar-refractivity contribution in [3.63, 3.8) is 0 Å². The molecule has 5 unspecified atom stereocenters. The van der Waals surface area contributed by atoms with Crippen molar-refractivity contribution in [3.8, 4) is 6.07 Å². The lowest BCUT2D eigenvalue weighted by molar-refractivity contribution is -0.0549. The van der Waals surface area contributed by atoms with E-state index in [-0.39, 0.29) is 25.1 Å². The molecule has 0 amide bonds. The fourth-order valence-electron chi connectivity index (χ4n) is 4.79. The Hall–Kier alpha value is -1.25. The van der Waals surface area contributed by atoms with Gasteiger partial charge in [-0.15, -0.1) is 0 Å². The zero-order valence-corrected chi connectivity index (χ0v) is 27.3. The molecule has 0 aliphatic carbocycles. The average Bonchev–Trinajstić information content (AvgIpc) is 3.24. The Bertz CT molecular complexity index is 1020. The van der Waals surface area contributed by atoms with Gasteiger partial charge in [-0.1, -0.05) is 12.8 Å². The van der Waals surface area contributed by atoms with Crippen molar-refractivity contribution in [2.24, 2.45) is 0 Å². The van der Waals surface area contributed by atoms with Gasteiger partial charge in [0, 0.05) is 37.6 Å². The number of hydrogen-bond acceptors (Lipinski definition) is 10. The Kier molecular flexibility index (Phi) is 16.8. The van der Waals surface area contributed by atoms with Crippen LogP contribution in [0, 0.1) is 11.3 Å². The summed E-state index contributed by atoms with van der Waals surface area (Å²) in [4.78, 5) is 26.7. The van der Waals surface area contributed by atoms with Gasteiger partial charge in [0.25, 0.3) is 14.1 Å². The first-order chi connectivity index (χ1) is 19.7. The van der Waals surface area contributed by atoms with Crippen molar-refractivity contribution < 1.29 is 27.6 Å². The summed E-state index contributed by atoms with van der Waals surface area (Å²) >= 11 is 0. The van der Waals surface area contributed by atoms with Gasteiger partial charge in [0.2, 0.25) is 0 Å². The third-order valence-corrected chi connectivity index (χ3v) is 10.3. The number of hydrogen-bond donors (Lipinski definition) is 1. The van der Waals surface area contributed by atoms with Crippen LogP contribution in [0.5, 0.6) is 0 Å². The first-order valence-electron chi connectivity index (χ1n) is 14.5. The molecule has 1 aromatic rings. The van der Waals surface area contributed by atoms with Gasteiger partial charge in [0.1, 0.15) is 12.2 Å². The van der Waals surface area contributed by atoms with E-state index < -0.39 is 52.7 Å². The maximum Gasteiger partial charge on any atom is 0.330 e. The van der Waals surface area contributed by atoms with Crippen molar-refractivity contribution in [3.05, 3.63) is 33.1 Å². The normalized spacial score (nSPS) is 21.8. The highest BCUT2D eigenvalue weighted by atomic mass is 31.2. The number of rotatable bonds is 20. The van der Waals surface area contributed by atoms with Crippen molar-refractivity contribution in [2.45, 2.75) is 110 Å². The lowest BCUT2D eigenvalue weighted by atomic mass is 10.0. The number of nitrogens with zero attached hydrogens (tertiary/aromatic N) is 3. The molecule has 0 saturated carbocycles. The van der Waals surface area contributed by atoms with Crippen LogP contribution < -0.4 is 11.2 Å². The van der Waals surface area contributed by atoms with E-state index in [1.807, 2.05) is 13.8 Å². The van der Waals surface area contributed by atoms with E-state index in [9.17, 15) is 9.59 Å². The molecule has 1 aliphatic heterocycles. The van der Waals surface area contributed by atoms with Gasteiger partial charge in [-0.2, -0.15) is 5.26 Å². The number of unbranched alkanes of at least 4 members (excludes halogenated alkanes) is 2. The molecule has 1 aliphatic rings. The third-order valence-electron chi connectivity index (χ3n) is 6.43. The second kappa shape index (κ2) is 19.1. The van der Waals surface area contributed by atoms with Crippen LogP contribution in [-0.4, -0.2) is 77.7 Å². The first kappa shape index (κ1) is 35.9. The molecule has 41 heavy (non-hydrogen) atoms. The van der Waals surface area contributed by atoms with E-state index in [0.717, 1.165) is 25.4 Å². The van der Waals surface area contributed by atoms with Gasteiger partial charge >= 0.3 is 5.69 Å². The highest BCUT2D eigenvalue weighted by Crippen LogP contribution is 2.51. The van der Waals surface area contributed by atoms with Crippen LogP contribution in [0.3, 0.4) is 0 Å². The molecule has 12 nitrogen and oxygen atoms in total. The Labute approximate surface area is 246 Å².